The van der Waals surface area contributed by atoms with Crippen LogP contribution in [0.25, 0.3) is 0 Å². The molecule has 2 aromatic rings. The zero-order valence-corrected chi connectivity index (χ0v) is 12.4. The van der Waals surface area contributed by atoms with E-state index < -0.39 is 0 Å². The molecule has 1 atom stereocenters. The van der Waals surface area contributed by atoms with Crippen LogP contribution in [0.4, 0.5) is 0 Å². The number of halogens is 1. The second kappa shape index (κ2) is 7.32. The molecule has 0 heterocycles. The molecule has 20 heavy (non-hydrogen) atoms. The minimum atomic E-state index is 0.0628. The molecule has 0 bridgehead atoms. The molecule has 2 aromatic carbocycles. The van der Waals surface area contributed by atoms with Crippen molar-refractivity contribution in [2.24, 2.45) is 5.73 Å². The maximum Gasteiger partial charge on any atom is 0.119 e. The van der Waals surface area contributed by atoms with Gasteiger partial charge in [-0.15, -0.1) is 0 Å². The van der Waals surface area contributed by atoms with Crippen LogP contribution in [-0.4, -0.2) is 12.6 Å². The third-order valence-electron chi connectivity index (χ3n) is 3.17. The molecule has 2 nitrogen and oxygen atoms in total. The predicted octanol–water partition coefficient (Wildman–Crippen LogP) is 3.85. The summed E-state index contributed by atoms with van der Waals surface area (Å²) in [5.74, 6) is 0.899. The Morgan fingerprint density at radius 3 is 2.40 bits per heavy atom. The molecule has 0 saturated heterocycles. The fourth-order valence-corrected chi connectivity index (χ4v) is 2.42. The normalized spacial score (nSPS) is 12.2. The molecular weight excluding hydrogens is 270 g/mol. The first-order valence-electron chi connectivity index (χ1n) is 6.89. The highest BCUT2D eigenvalue weighted by molar-refractivity contribution is 6.31. The molecule has 0 aliphatic heterocycles. The number of benzene rings is 2. The third-order valence-corrected chi connectivity index (χ3v) is 3.54. The van der Waals surface area contributed by atoms with E-state index in [0.29, 0.717) is 6.61 Å². The molecule has 0 aliphatic rings. The largest absolute Gasteiger partial charge is 0.494 e. The fourth-order valence-electron chi connectivity index (χ4n) is 2.21. The first kappa shape index (κ1) is 14.9. The number of hydrogen-bond acceptors (Lipinski definition) is 2. The molecular formula is C17H20ClNO. The summed E-state index contributed by atoms with van der Waals surface area (Å²) < 4.78 is 5.43. The Kier molecular flexibility index (Phi) is 5.45. The van der Waals surface area contributed by atoms with Gasteiger partial charge in [0.05, 0.1) is 6.61 Å². The molecule has 0 radical (unpaired) electrons. The summed E-state index contributed by atoms with van der Waals surface area (Å²) >= 11 is 6.15. The Labute approximate surface area is 125 Å². The van der Waals surface area contributed by atoms with Crippen molar-refractivity contribution in [1.29, 1.82) is 0 Å². The number of rotatable bonds is 6. The van der Waals surface area contributed by atoms with Crippen molar-refractivity contribution >= 4 is 11.6 Å². The quantitative estimate of drug-likeness (QED) is 0.876. The molecule has 106 valence electrons. The molecule has 2 N–H and O–H groups in total. The van der Waals surface area contributed by atoms with E-state index in [4.69, 9.17) is 22.1 Å². The van der Waals surface area contributed by atoms with Gasteiger partial charge < -0.3 is 10.5 Å². The Morgan fingerprint density at radius 1 is 1.05 bits per heavy atom. The third kappa shape index (κ3) is 4.26. The number of hydrogen-bond donors (Lipinski definition) is 1. The van der Waals surface area contributed by atoms with Crippen LogP contribution in [0, 0.1) is 0 Å². The Hall–Kier alpha value is -1.51. The fraction of sp³-hybridized carbons (Fsp3) is 0.294. The van der Waals surface area contributed by atoms with E-state index in [1.807, 2.05) is 43.3 Å². The second-order valence-electron chi connectivity index (χ2n) is 4.84. The predicted molar refractivity (Wildman–Crippen MR) is 84.4 cm³/mol. The van der Waals surface area contributed by atoms with Gasteiger partial charge in [0, 0.05) is 11.1 Å². The van der Waals surface area contributed by atoms with Gasteiger partial charge in [0.2, 0.25) is 0 Å². The van der Waals surface area contributed by atoms with Crippen molar-refractivity contribution in [2.45, 2.75) is 25.8 Å². The lowest BCUT2D eigenvalue weighted by molar-refractivity contribution is 0.340. The van der Waals surface area contributed by atoms with E-state index in [1.54, 1.807) is 0 Å². The van der Waals surface area contributed by atoms with Gasteiger partial charge >= 0.3 is 0 Å². The van der Waals surface area contributed by atoms with Gasteiger partial charge in [-0.1, -0.05) is 41.9 Å². The maximum atomic E-state index is 6.21. The van der Waals surface area contributed by atoms with Crippen LogP contribution in [0.1, 0.15) is 18.1 Å². The van der Waals surface area contributed by atoms with Crippen LogP contribution in [0.15, 0.2) is 48.5 Å². The van der Waals surface area contributed by atoms with Crippen molar-refractivity contribution in [2.75, 3.05) is 6.61 Å². The van der Waals surface area contributed by atoms with Gasteiger partial charge in [0.1, 0.15) is 5.75 Å². The summed E-state index contributed by atoms with van der Waals surface area (Å²) in [6, 6.07) is 16.0. The van der Waals surface area contributed by atoms with Gasteiger partial charge in [-0.05, 0) is 49.1 Å². The highest BCUT2D eigenvalue weighted by atomic mass is 35.5. The van der Waals surface area contributed by atoms with Crippen LogP contribution in [-0.2, 0) is 12.8 Å². The van der Waals surface area contributed by atoms with Gasteiger partial charge in [0.15, 0.2) is 0 Å². The number of ether oxygens (including phenoxy) is 1. The Balaban J connectivity index is 1.94. The van der Waals surface area contributed by atoms with Crippen LogP contribution in [0.3, 0.4) is 0 Å². The smallest absolute Gasteiger partial charge is 0.119 e. The van der Waals surface area contributed by atoms with Gasteiger partial charge in [0.25, 0.3) is 0 Å². The molecule has 1 unspecified atom stereocenters. The molecule has 2 rings (SSSR count). The molecule has 0 saturated carbocycles. The highest BCUT2D eigenvalue weighted by Gasteiger charge is 2.08. The minimum Gasteiger partial charge on any atom is -0.494 e. The van der Waals surface area contributed by atoms with Crippen LogP contribution in [0.2, 0.25) is 5.02 Å². The van der Waals surface area contributed by atoms with Gasteiger partial charge in [-0.3, -0.25) is 0 Å². The standard InChI is InChI=1S/C17H20ClNO/c1-2-20-16-9-7-13(8-10-16)11-15(19)12-14-5-3-4-6-17(14)18/h3-10,15H,2,11-12,19H2,1H3. The lowest BCUT2D eigenvalue weighted by Crippen LogP contribution is -2.25. The van der Waals surface area contributed by atoms with E-state index in [-0.39, 0.29) is 6.04 Å². The summed E-state index contributed by atoms with van der Waals surface area (Å²) in [6.07, 6.45) is 1.62. The average molecular weight is 290 g/mol. The lowest BCUT2D eigenvalue weighted by atomic mass is 10.00. The second-order valence-corrected chi connectivity index (χ2v) is 5.24. The van der Waals surface area contributed by atoms with E-state index in [9.17, 15) is 0 Å². The molecule has 3 heteroatoms. The van der Waals surface area contributed by atoms with Crippen LogP contribution < -0.4 is 10.5 Å². The first-order chi connectivity index (χ1) is 9.69. The Morgan fingerprint density at radius 2 is 1.75 bits per heavy atom. The van der Waals surface area contributed by atoms with E-state index in [1.165, 1.54) is 5.56 Å². The molecule has 0 aromatic heterocycles. The summed E-state index contributed by atoms with van der Waals surface area (Å²) in [5.41, 5.74) is 8.53. The van der Waals surface area contributed by atoms with Crippen molar-refractivity contribution in [3.63, 3.8) is 0 Å². The van der Waals surface area contributed by atoms with Crippen molar-refractivity contribution in [3.8, 4) is 5.75 Å². The van der Waals surface area contributed by atoms with Gasteiger partial charge in [-0.2, -0.15) is 0 Å². The van der Waals surface area contributed by atoms with Crippen molar-refractivity contribution in [1.82, 2.24) is 0 Å². The Bertz CT molecular complexity index is 539. The highest BCUT2D eigenvalue weighted by Crippen LogP contribution is 2.18. The summed E-state index contributed by atoms with van der Waals surface area (Å²) in [4.78, 5) is 0. The maximum absolute atomic E-state index is 6.21. The van der Waals surface area contributed by atoms with E-state index >= 15 is 0 Å². The molecule has 0 spiro atoms. The average Bonchev–Trinajstić information content (AvgIpc) is 2.44. The van der Waals surface area contributed by atoms with Crippen LogP contribution in [0.5, 0.6) is 5.75 Å². The summed E-state index contributed by atoms with van der Waals surface area (Å²) in [6.45, 7) is 2.67. The molecule has 0 aliphatic carbocycles. The van der Waals surface area contributed by atoms with Gasteiger partial charge in [-0.25, -0.2) is 0 Å². The zero-order valence-electron chi connectivity index (χ0n) is 11.7. The van der Waals surface area contributed by atoms with Crippen molar-refractivity contribution in [3.05, 3.63) is 64.7 Å². The lowest BCUT2D eigenvalue weighted by Gasteiger charge is -2.13. The summed E-state index contributed by atoms with van der Waals surface area (Å²) in [7, 11) is 0. The van der Waals surface area contributed by atoms with E-state index in [2.05, 4.69) is 12.1 Å². The summed E-state index contributed by atoms with van der Waals surface area (Å²) in [5, 5.41) is 0.787. The molecule has 0 fully saturated rings. The van der Waals surface area contributed by atoms with Crippen molar-refractivity contribution < 1.29 is 4.74 Å². The van der Waals surface area contributed by atoms with Crippen LogP contribution >= 0.6 is 11.6 Å². The SMILES string of the molecule is CCOc1ccc(CC(N)Cc2ccccc2Cl)cc1. The minimum absolute atomic E-state index is 0.0628. The zero-order chi connectivity index (χ0) is 14.4. The van der Waals surface area contributed by atoms with E-state index in [0.717, 1.165) is 29.2 Å². The molecule has 0 amide bonds. The monoisotopic (exact) mass is 289 g/mol. The topological polar surface area (TPSA) is 35.2 Å². The number of nitrogens with two attached hydrogens (primary N) is 1. The first-order valence-corrected chi connectivity index (χ1v) is 7.27.